The Balaban J connectivity index is 1.61. The van der Waals surface area contributed by atoms with Crippen LogP contribution in [0.2, 0.25) is 0 Å². The third-order valence-electron chi connectivity index (χ3n) is 10.2. The molecule has 4 unspecified atom stereocenters. The van der Waals surface area contributed by atoms with Crippen molar-refractivity contribution in [2.75, 3.05) is 0 Å². The number of hydrogen-bond acceptors (Lipinski definition) is 2. The summed E-state index contributed by atoms with van der Waals surface area (Å²) in [5, 5.41) is 21.5. The van der Waals surface area contributed by atoms with E-state index in [1.165, 1.54) is 44.9 Å². The van der Waals surface area contributed by atoms with Crippen molar-refractivity contribution in [2.24, 2.45) is 46.3 Å². The minimum absolute atomic E-state index is 0.128. The summed E-state index contributed by atoms with van der Waals surface area (Å²) in [7, 11) is 0. The van der Waals surface area contributed by atoms with Gasteiger partial charge in [0.25, 0.3) is 0 Å². The van der Waals surface area contributed by atoms with Crippen molar-refractivity contribution in [1.29, 1.82) is 0 Å². The third-order valence-corrected chi connectivity index (χ3v) is 10.2. The van der Waals surface area contributed by atoms with Gasteiger partial charge in [-0.05, 0) is 97.7 Å². The summed E-state index contributed by atoms with van der Waals surface area (Å²) in [6.07, 6.45) is 11.8. The number of hydrogen-bond donors (Lipinski definition) is 2. The van der Waals surface area contributed by atoms with E-state index in [0.717, 1.165) is 37.0 Å². The lowest BCUT2D eigenvalue weighted by atomic mass is 9.43. The van der Waals surface area contributed by atoms with Crippen molar-refractivity contribution in [3.05, 3.63) is 0 Å². The van der Waals surface area contributed by atoms with Crippen LogP contribution in [0.1, 0.15) is 91.9 Å². The first-order valence-corrected chi connectivity index (χ1v) is 11.7. The van der Waals surface area contributed by atoms with Gasteiger partial charge in [-0.15, -0.1) is 0 Å². The fraction of sp³-hybridized carbons (Fsp3) is 1.00. The van der Waals surface area contributed by atoms with Gasteiger partial charge in [-0.25, -0.2) is 0 Å². The molecule has 4 saturated carbocycles. The maximum absolute atomic E-state index is 11.3. The topological polar surface area (TPSA) is 40.5 Å². The second-order valence-corrected chi connectivity index (χ2v) is 11.2. The summed E-state index contributed by atoms with van der Waals surface area (Å²) in [4.78, 5) is 0. The summed E-state index contributed by atoms with van der Waals surface area (Å²) in [5.41, 5.74) is 0.811. The van der Waals surface area contributed by atoms with Crippen molar-refractivity contribution in [3.63, 3.8) is 0 Å². The van der Waals surface area contributed by atoms with Crippen molar-refractivity contribution in [2.45, 2.75) is 104 Å². The monoisotopic (exact) mass is 362 g/mol. The van der Waals surface area contributed by atoms with Gasteiger partial charge in [0.2, 0.25) is 0 Å². The van der Waals surface area contributed by atoms with Gasteiger partial charge < -0.3 is 10.2 Å². The normalized spacial score (nSPS) is 54.9. The van der Waals surface area contributed by atoms with Crippen molar-refractivity contribution < 1.29 is 10.2 Å². The van der Waals surface area contributed by atoms with Gasteiger partial charge in [-0.2, -0.15) is 0 Å². The van der Waals surface area contributed by atoms with Gasteiger partial charge in [-0.3, -0.25) is 0 Å². The van der Waals surface area contributed by atoms with E-state index in [9.17, 15) is 10.2 Å². The first kappa shape index (κ1) is 19.2. The van der Waals surface area contributed by atoms with Crippen molar-refractivity contribution in [3.8, 4) is 0 Å². The van der Waals surface area contributed by atoms with Gasteiger partial charge in [0.1, 0.15) is 0 Å². The summed E-state index contributed by atoms with van der Waals surface area (Å²) in [6, 6.07) is 0. The lowest BCUT2D eigenvalue weighted by Gasteiger charge is -2.62. The highest BCUT2D eigenvalue weighted by Crippen LogP contribution is 2.68. The number of rotatable bonds is 3. The lowest BCUT2D eigenvalue weighted by molar-refractivity contribution is -0.174. The van der Waals surface area contributed by atoms with Crippen LogP contribution in [0.5, 0.6) is 0 Å². The quantitative estimate of drug-likeness (QED) is 0.704. The van der Waals surface area contributed by atoms with Crippen molar-refractivity contribution >= 4 is 0 Å². The Bertz CT molecular complexity index is 518. The van der Waals surface area contributed by atoms with Crippen molar-refractivity contribution in [1.82, 2.24) is 0 Å². The fourth-order valence-corrected chi connectivity index (χ4v) is 8.83. The molecule has 0 aromatic rings. The average Bonchev–Trinajstić information content (AvgIpc) is 2.94. The molecule has 2 N–H and O–H groups in total. The summed E-state index contributed by atoms with van der Waals surface area (Å²) < 4.78 is 0. The van der Waals surface area contributed by atoms with Crippen LogP contribution in [0.25, 0.3) is 0 Å². The first-order chi connectivity index (χ1) is 12.3. The van der Waals surface area contributed by atoms with E-state index < -0.39 is 0 Å². The fourth-order valence-electron chi connectivity index (χ4n) is 8.83. The molecule has 2 nitrogen and oxygen atoms in total. The van der Waals surface area contributed by atoms with Crippen LogP contribution in [-0.2, 0) is 0 Å². The minimum Gasteiger partial charge on any atom is -0.393 e. The smallest absolute Gasteiger partial charge is 0.0577 e. The standard InChI is InChI=1S/C24H42O2/c1-5-6-15(2)18-7-8-19-22-20(10-12-24(18,19)4)23(3)11-9-17(25)13-16(23)14-21(22)26/h15-22,25-26H,5-14H2,1-4H3/t15-,16?,17-,18-,19?,20?,21+,22?,23+,24-/m1/s1. The molecule has 4 fully saturated rings. The highest BCUT2D eigenvalue weighted by atomic mass is 16.3. The largest absolute Gasteiger partial charge is 0.393 e. The Kier molecular flexibility index (Phi) is 5.01. The Morgan fingerprint density at radius 1 is 0.923 bits per heavy atom. The molecule has 4 aliphatic carbocycles. The molecule has 0 heterocycles. The maximum atomic E-state index is 11.3. The predicted octanol–water partition coefficient (Wildman–Crippen LogP) is 5.41. The Morgan fingerprint density at radius 3 is 2.35 bits per heavy atom. The molecule has 0 radical (unpaired) electrons. The molecule has 0 amide bonds. The van der Waals surface area contributed by atoms with E-state index in [-0.39, 0.29) is 12.2 Å². The summed E-state index contributed by atoms with van der Waals surface area (Å²) >= 11 is 0. The first-order valence-electron chi connectivity index (χ1n) is 11.7. The summed E-state index contributed by atoms with van der Waals surface area (Å²) in [5.74, 6) is 4.15. The molecule has 4 aliphatic rings. The zero-order valence-corrected chi connectivity index (χ0v) is 17.6. The van der Waals surface area contributed by atoms with E-state index in [1.54, 1.807) is 0 Å². The molecule has 4 rings (SSSR count). The van der Waals surface area contributed by atoms with Crippen LogP contribution < -0.4 is 0 Å². The number of aliphatic hydroxyl groups is 2. The lowest BCUT2D eigenvalue weighted by Crippen LogP contribution is -2.58. The number of fused-ring (bicyclic) bond motifs is 5. The SMILES string of the molecule is CCC[C@@H](C)[C@H]1CCC2C3C(CC[C@@]21C)[C@@]1(C)CC[C@@H](O)CC1C[C@@H]3O. The predicted molar refractivity (Wildman–Crippen MR) is 107 cm³/mol. The van der Waals surface area contributed by atoms with Crippen LogP contribution >= 0.6 is 0 Å². The zero-order chi connectivity index (χ0) is 18.7. The highest BCUT2D eigenvalue weighted by molar-refractivity contribution is 5.11. The average molecular weight is 363 g/mol. The van der Waals surface area contributed by atoms with Gasteiger partial charge in [-0.1, -0.05) is 40.5 Å². The molecular weight excluding hydrogens is 320 g/mol. The van der Waals surface area contributed by atoms with E-state index in [2.05, 4.69) is 27.7 Å². The highest BCUT2D eigenvalue weighted by Gasteiger charge is 2.62. The van der Waals surface area contributed by atoms with E-state index in [4.69, 9.17) is 0 Å². The van der Waals surface area contributed by atoms with Gasteiger partial charge in [0.15, 0.2) is 0 Å². The molecule has 2 heteroatoms. The zero-order valence-electron chi connectivity index (χ0n) is 17.6. The Labute approximate surface area is 161 Å². The van der Waals surface area contributed by atoms with Crippen LogP contribution in [0.3, 0.4) is 0 Å². The molecule has 26 heavy (non-hydrogen) atoms. The van der Waals surface area contributed by atoms with Gasteiger partial charge in [0, 0.05) is 0 Å². The minimum atomic E-state index is -0.131. The molecule has 0 aromatic heterocycles. The third kappa shape index (κ3) is 2.72. The van der Waals surface area contributed by atoms with Crippen LogP contribution in [0, 0.1) is 46.3 Å². The van der Waals surface area contributed by atoms with Crippen LogP contribution in [0.4, 0.5) is 0 Å². The van der Waals surface area contributed by atoms with Crippen LogP contribution in [0.15, 0.2) is 0 Å². The second-order valence-electron chi connectivity index (χ2n) is 11.2. The van der Waals surface area contributed by atoms with E-state index in [1.807, 2.05) is 0 Å². The molecule has 0 saturated heterocycles. The molecular formula is C24H42O2. The second kappa shape index (κ2) is 6.76. The Hall–Kier alpha value is -0.0800. The number of aliphatic hydroxyl groups excluding tert-OH is 2. The molecule has 0 aliphatic heterocycles. The molecule has 0 bridgehead atoms. The summed E-state index contributed by atoms with van der Waals surface area (Å²) in [6.45, 7) is 9.92. The van der Waals surface area contributed by atoms with E-state index >= 15 is 0 Å². The Morgan fingerprint density at radius 2 is 1.62 bits per heavy atom. The van der Waals surface area contributed by atoms with Gasteiger partial charge >= 0.3 is 0 Å². The molecule has 150 valence electrons. The molecule has 0 aromatic carbocycles. The van der Waals surface area contributed by atoms with Gasteiger partial charge in [0.05, 0.1) is 12.2 Å². The molecule has 0 spiro atoms. The van der Waals surface area contributed by atoms with E-state index in [0.29, 0.717) is 28.6 Å². The maximum Gasteiger partial charge on any atom is 0.0577 e. The van der Waals surface area contributed by atoms with Crippen LogP contribution in [-0.4, -0.2) is 22.4 Å². The molecule has 10 atom stereocenters.